The van der Waals surface area contributed by atoms with Crippen LogP contribution in [0.1, 0.15) is 36.0 Å². The fourth-order valence-corrected chi connectivity index (χ4v) is 5.29. The minimum absolute atomic E-state index is 0.0279. The molecule has 0 aromatic heterocycles. The molecule has 0 unspecified atom stereocenters. The van der Waals surface area contributed by atoms with Crippen molar-refractivity contribution in [3.8, 4) is 11.5 Å². The largest absolute Gasteiger partial charge is 0.493 e. The molecule has 2 aromatic rings. The molecule has 4 rings (SSSR count). The molecule has 8 heteroatoms. The van der Waals surface area contributed by atoms with E-state index in [1.165, 1.54) is 11.1 Å². The minimum atomic E-state index is -0.598. The number of ether oxygens (including phenoxy) is 2. The van der Waals surface area contributed by atoms with E-state index in [1.807, 2.05) is 44.4 Å². The van der Waals surface area contributed by atoms with Crippen LogP contribution < -0.4 is 14.8 Å². The molecule has 1 aliphatic heterocycles. The minimum Gasteiger partial charge on any atom is -0.493 e. The Balaban J connectivity index is 1.41. The molecule has 1 saturated carbocycles. The first-order valence-corrected chi connectivity index (χ1v) is 12.5. The van der Waals surface area contributed by atoms with Crippen molar-refractivity contribution in [3.05, 3.63) is 53.1 Å². The maximum Gasteiger partial charge on any atom is 0.313 e. The molecule has 2 amide bonds. The normalized spacial score (nSPS) is 16.6. The van der Waals surface area contributed by atoms with Crippen LogP contribution in [0.25, 0.3) is 0 Å². The lowest BCUT2D eigenvalue weighted by molar-refractivity contribution is -0.144. The standard InChI is InChI=1S/C28H38N4O4/c1-30(2)28(12-8-13-28)19-31(3)27(34)26(33)29-23-10-7-6-9-21(23)17-32-14-11-20-15-24(35-4)25(36-5)16-22(20)18-32/h6-7,9-10,15-16H,8,11-14,17-19H2,1-5H3,(H,29,33). The molecule has 0 radical (unpaired) electrons. The number of nitrogens with one attached hydrogen (secondary N) is 1. The predicted octanol–water partition coefficient (Wildman–Crippen LogP) is 3.14. The predicted molar refractivity (Wildman–Crippen MR) is 140 cm³/mol. The van der Waals surface area contributed by atoms with E-state index in [1.54, 1.807) is 26.2 Å². The van der Waals surface area contributed by atoms with Gasteiger partial charge in [0.1, 0.15) is 0 Å². The third-order valence-corrected chi connectivity index (χ3v) is 7.76. The van der Waals surface area contributed by atoms with Gasteiger partial charge in [-0.3, -0.25) is 14.5 Å². The quantitative estimate of drug-likeness (QED) is 0.569. The zero-order chi connectivity index (χ0) is 25.9. The van der Waals surface area contributed by atoms with E-state index in [2.05, 4.69) is 21.2 Å². The summed E-state index contributed by atoms with van der Waals surface area (Å²) in [5.74, 6) is 0.373. The third kappa shape index (κ3) is 5.34. The summed E-state index contributed by atoms with van der Waals surface area (Å²) in [7, 11) is 9.10. The molecule has 36 heavy (non-hydrogen) atoms. The Morgan fingerprint density at radius 1 is 1.03 bits per heavy atom. The number of fused-ring (bicyclic) bond motifs is 1. The summed E-state index contributed by atoms with van der Waals surface area (Å²) in [6.45, 7) is 2.87. The fourth-order valence-electron chi connectivity index (χ4n) is 5.29. The highest BCUT2D eigenvalue weighted by molar-refractivity contribution is 6.39. The number of hydrogen-bond donors (Lipinski definition) is 1. The number of nitrogens with zero attached hydrogens (tertiary/aromatic N) is 3. The summed E-state index contributed by atoms with van der Waals surface area (Å²) in [6, 6.07) is 11.8. The van der Waals surface area contributed by atoms with Gasteiger partial charge in [0.25, 0.3) is 0 Å². The summed E-state index contributed by atoms with van der Waals surface area (Å²) in [6.07, 6.45) is 4.14. The zero-order valence-corrected chi connectivity index (χ0v) is 22.1. The molecule has 2 aromatic carbocycles. The summed E-state index contributed by atoms with van der Waals surface area (Å²) < 4.78 is 10.9. The third-order valence-electron chi connectivity index (χ3n) is 7.76. The van der Waals surface area contributed by atoms with Crippen LogP contribution in [0.15, 0.2) is 36.4 Å². The van der Waals surface area contributed by atoms with Crippen molar-refractivity contribution in [2.75, 3.05) is 53.8 Å². The first-order chi connectivity index (χ1) is 17.3. The van der Waals surface area contributed by atoms with Crippen molar-refractivity contribution >= 4 is 17.5 Å². The first kappa shape index (κ1) is 26.0. The van der Waals surface area contributed by atoms with Crippen LogP contribution in [0.4, 0.5) is 5.69 Å². The van der Waals surface area contributed by atoms with Gasteiger partial charge in [0.15, 0.2) is 11.5 Å². The second-order valence-corrected chi connectivity index (χ2v) is 10.2. The number of methoxy groups -OCH3 is 2. The van der Waals surface area contributed by atoms with Gasteiger partial charge in [-0.25, -0.2) is 0 Å². The Labute approximate surface area is 214 Å². The molecule has 2 aliphatic rings. The number of benzene rings is 2. The highest BCUT2D eigenvalue weighted by Crippen LogP contribution is 2.37. The van der Waals surface area contributed by atoms with Crippen LogP contribution in [0.3, 0.4) is 0 Å². The molecular formula is C28H38N4O4. The van der Waals surface area contributed by atoms with Gasteiger partial charge in [0.2, 0.25) is 0 Å². The molecule has 8 nitrogen and oxygen atoms in total. The molecule has 1 fully saturated rings. The number of carbonyl (C=O) groups is 2. The number of para-hydroxylation sites is 1. The molecule has 0 atom stereocenters. The lowest BCUT2D eigenvalue weighted by Gasteiger charge is -2.49. The molecular weight excluding hydrogens is 456 g/mol. The molecule has 194 valence electrons. The number of hydrogen-bond acceptors (Lipinski definition) is 6. The summed E-state index contributed by atoms with van der Waals surface area (Å²) in [5.41, 5.74) is 4.10. The van der Waals surface area contributed by atoms with Gasteiger partial charge in [0, 0.05) is 44.5 Å². The molecule has 1 heterocycles. The average Bonchev–Trinajstić information content (AvgIpc) is 2.85. The van der Waals surface area contributed by atoms with Crippen molar-refractivity contribution < 1.29 is 19.1 Å². The van der Waals surface area contributed by atoms with Crippen LogP contribution in [0.5, 0.6) is 11.5 Å². The van der Waals surface area contributed by atoms with Gasteiger partial charge < -0.3 is 24.6 Å². The van der Waals surface area contributed by atoms with E-state index in [0.717, 1.165) is 55.8 Å². The van der Waals surface area contributed by atoms with Crippen LogP contribution >= 0.6 is 0 Å². The SMILES string of the molecule is COc1cc2c(cc1OC)CN(Cc1ccccc1NC(=O)C(=O)N(C)CC1(N(C)C)CCC1)CC2. The Kier molecular flexibility index (Phi) is 7.85. The molecule has 0 saturated heterocycles. The topological polar surface area (TPSA) is 74.3 Å². The van der Waals surface area contributed by atoms with Crippen molar-refractivity contribution in [2.45, 2.75) is 44.3 Å². The second-order valence-electron chi connectivity index (χ2n) is 10.2. The lowest BCUT2D eigenvalue weighted by atomic mass is 9.75. The van der Waals surface area contributed by atoms with Crippen LogP contribution in [-0.2, 0) is 29.1 Å². The van der Waals surface area contributed by atoms with Gasteiger partial charge in [0.05, 0.1) is 14.2 Å². The van der Waals surface area contributed by atoms with E-state index in [0.29, 0.717) is 18.8 Å². The Morgan fingerprint density at radius 2 is 1.69 bits per heavy atom. The van der Waals surface area contributed by atoms with Crippen LogP contribution in [-0.4, -0.2) is 80.5 Å². The van der Waals surface area contributed by atoms with Crippen molar-refractivity contribution in [2.24, 2.45) is 0 Å². The first-order valence-electron chi connectivity index (χ1n) is 12.5. The molecule has 0 spiro atoms. The number of amides is 2. The number of rotatable bonds is 8. The van der Waals surface area contributed by atoms with E-state index < -0.39 is 11.8 Å². The number of carbonyl (C=O) groups excluding carboxylic acids is 2. The Bertz CT molecular complexity index is 1110. The highest BCUT2D eigenvalue weighted by Gasteiger charge is 2.41. The number of anilines is 1. The van der Waals surface area contributed by atoms with Gasteiger partial charge in [-0.05, 0) is 74.7 Å². The van der Waals surface area contributed by atoms with Gasteiger partial charge in [-0.1, -0.05) is 18.2 Å². The highest BCUT2D eigenvalue weighted by atomic mass is 16.5. The van der Waals surface area contributed by atoms with Crippen molar-refractivity contribution in [1.29, 1.82) is 0 Å². The van der Waals surface area contributed by atoms with E-state index in [-0.39, 0.29) is 5.54 Å². The fraction of sp³-hybridized carbons (Fsp3) is 0.500. The maximum absolute atomic E-state index is 12.9. The van der Waals surface area contributed by atoms with Gasteiger partial charge >= 0.3 is 11.8 Å². The van der Waals surface area contributed by atoms with Crippen molar-refractivity contribution in [1.82, 2.24) is 14.7 Å². The molecule has 0 bridgehead atoms. The van der Waals surface area contributed by atoms with E-state index >= 15 is 0 Å². The summed E-state index contributed by atoms with van der Waals surface area (Å²) >= 11 is 0. The van der Waals surface area contributed by atoms with Crippen molar-refractivity contribution in [3.63, 3.8) is 0 Å². The monoisotopic (exact) mass is 494 g/mol. The maximum atomic E-state index is 12.9. The van der Waals surface area contributed by atoms with Gasteiger partial charge in [-0.15, -0.1) is 0 Å². The average molecular weight is 495 g/mol. The Morgan fingerprint density at radius 3 is 2.31 bits per heavy atom. The molecule has 1 aliphatic carbocycles. The Hall–Kier alpha value is -3.10. The summed E-state index contributed by atoms with van der Waals surface area (Å²) in [4.78, 5) is 31.9. The van der Waals surface area contributed by atoms with E-state index in [9.17, 15) is 9.59 Å². The lowest BCUT2D eigenvalue weighted by Crippen LogP contribution is -2.58. The van der Waals surface area contributed by atoms with Crippen LogP contribution in [0, 0.1) is 0 Å². The summed E-state index contributed by atoms with van der Waals surface area (Å²) in [5, 5.41) is 2.88. The smallest absolute Gasteiger partial charge is 0.313 e. The second kappa shape index (κ2) is 10.9. The molecule has 1 N–H and O–H groups in total. The van der Waals surface area contributed by atoms with Gasteiger partial charge in [-0.2, -0.15) is 0 Å². The zero-order valence-electron chi connectivity index (χ0n) is 22.1. The van der Waals surface area contributed by atoms with E-state index in [4.69, 9.17) is 9.47 Å². The van der Waals surface area contributed by atoms with Crippen LogP contribution in [0.2, 0.25) is 0 Å². The number of likely N-dealkylation sites (N-methyl/N-ethyl adjacent to an activating group) is 2.